The maximum absolute atomic E-state index is 11.9. The minimum atomic E-state index is -0.212. The summed E-state index contributed by atoms with van der Waals surface area (Å²) in [5.41, 5.74) is 0.500. The second-order valence-corrected chi connectivity index (χ2v) is 3.67. The molecule has 4 nitrogen and oxygen atoms in total. The van der Waals surface area contributed by atoms with Gasteiger partial charge in [0.25, 0.3) is 5.91 Å². The standard InChI is InChI=1S/C13H16N2O2/c1-3-17-12-7-5-4-6-11(12)13(16)15-9-10(2)8-14/h4-7,10H,3,9H2,1-2H3,(H,15,16). The number of nitrogens with one attached hydrogen (secondary N) is 1. The smallest absolute Gasteiger partial charge is 0.255 e. The first-order valence-corrected chi connectivity index (χ1v) is 5.58. The van der Waals surface area contributed by atoms with Gasteiger partial charge in [0.05, 0.1) is 24.2 Å². The Kier molecular flexibility index (Phi) is 5.02. The van der Waals surface area contributed by atoms with E-state index in [0.29, 0.717) is 24.5 Å². The molecule has 1 aromatic rings. The predicted molar refractivity (Wildman–Crippen MR) is 64.7 cm³/mol. The molecule has 1 amide bonds. The predicted octanol–water partition coefficient (Wildman–Crippen LogP) is 1.97. The van der Waals surface area contributed by atoms with Gasteiger partial charge in [0.15, 0.2) is 0 Å². The molecule has 0 aliphatic carbocycles. The first-order chi connectivity index (χ1) is 8.19. The van der Waals surface area contributed by atoms with Gasteiger partial charge in [-0.05, 0) is 26.0 Å². The van der Waals surface area contributed by atoms with Crippen LogP contribution in [0.1, 0.15) is 24.2 Å². The lowest BCUT2D eigenvalue weighted by Crippen LogP contribution is -2.28. The van der Waals surface area contributed by atoms with Crippen molar-refractivity contribution in [2.45, 2.75) is 13.8 Å². The molecule has 0 saturated carbocycles. The molecule has 0 bridgehead atoms. The van der Waals surface area contributed by atoms with Gasteiger partial charge >= 0.3 is 0 Å². The molecule has 0 aromatic heterocycles. The Hall–Kier alpha value is -2.02. The van der Waals surface area contributed by atoms with E-state index in [2.05, 4.69) is 11.4 Å². The molecule has 1 atom stereocenters. The lowest BCUT2D eigenvalue weighted by molar-refractivity contribution is 0.0947. The van der Waals surface area contributed by atoms with Crippen molar-refractivity contribution in [3.63, 3.8) is 0 Å². The second kappa shape index (κ2) is 6.54. The van der Waals surface area contributed by atoms with Crippen molar-refractivity contribution in [1.29, 1.82) is 5.26 Å². The Bertz CT molecular complexity index is 424. The number of carbonyl (C=O) groups is 1. The normalized spacial score (nSPS) is 11.4. The van der Waals surface area contributed by atoms with Gasteiger partial charge in [-0.3, -0.25) is 4.79 Å². The number of amides is 1. The monoisotopic (exact) mass is 232 g/mol. The van der Waals surface area contributed by atoms with Crippen LogP contribution in [0.2, 0.25) is 0 Å². The van der Waals surface area contributed by atoms with E-state index in [-0.39, 0.29) is 11.8 Å². The molecular formula is C13H16N2O2. The van der Waals surface area contributed by atoms with Crippen molar-refractivity contribution < 1.29 is 9.53 Å². The van der Waals surface area contributed by atoms with Crippen LogP contribution in [0.4, 0.5) is 0 Å². The number of hydrogen-bond acceptors (Lipinski definition) is 3. The Morgan fingerprint density at radius 1 is 1.53 bits per heavy atom. The maximum atomic E-state index is 11.9. The zero-order valence-electron chi connectivity index (χ0n) is 10.1. The number of nitriles is 1. The maximum Gasteiger partial charge on any atom is 0.255 e. The third kappa shape index (κ3) is 3.80. The molecule has 0 fully saturated rings. The van der Waals surface area contributed by atoms with Crippen molar-refractivity contribution >= 4 is 5.91 Å². The highest BCUT2D eigenvalue weighted by atomic mass is 16.5. The van der Waals surface area contributed by atoms with Gasteiger partial charge < -0.3 is 10.1 Å². The third-order valence-corrected chi connectivity index (χ3v) is 2.22. The fourth-order valence-electron chi connectivity index (χ4n) is 1.32. The van der Waals surface area contributed by atoms with Crippen LogP contribution >= 0.6 is 0 Å². The fraction of sp³-hybridized carbons (Fsp3) is 0.385. The van der Waals surface area contributed by atoms with Crippen LogP contribution < -0.4 is 10.1 Å². The molecule has 1 rings (SSSR count). The highest BCUT2D eigenvalue weighted by Gasteiger charge is 2.12. The van der Waals surface area contributed by atoms with E-state index in [1.807, 2.05) is 13.0 Å². The quantitative estimate of drug-likeness (QED) is 0.844. The molecule has 0 spiro atoms. The lowest BCUT2D eigenvalue weighted by atomic mass is 10.1. The summed E-state index contributed by atoms with van der Waals surface area (Å²) in [7, 11) is 0. The summed E-state index contributed by atoms with van der Waals surface area (Å²) in [6.07, 6.45) is 0. The topological polar surface area (TPSA) is 62.1 Å². The molecule has 17 heavy (non-hydrogen) atoms. The molecular weight excluding hydrogens is 216 g/mol. The fourth-order valence-corrected chi connectivity index (χ4v) is 1.32. The third-order valence-electron chi connectivity index (χ3n) is 2.22. The van der Waals surface area contributed by atoms with Gasteiger partial charge in [-0.2, -0.15) is 5.26 Å². The minimum absolute atomic E-state index is 0.196. The zero-order valence-corrected chi connectivity index (χ0v) is 10.1. The number of rotatable bonds is 5. The van der Waals surface area contributed by atoms with Crippen molar-refractivity contribution in [2.75, 3.05) is 13.2 Å². The number of carbonyl (C=O) groups excluding carboxylic acids is 1. The van der Waals surface area contributed by atoms with E-state index in [1.54, 1.807) is 25.1 Å². The molecule has 0 saturated heterocycles. The van der Waals surface area contributed by atoms with E-state index in [4.69, 9.17) is 10.00 Å². The van der Waals surface area contributed by atoms with E-state index in [9.17, 15) is 4.79 Å². The molecule has 0 heterocycles. The van der Waals surface area contributed by atoms with Crippen LogP contribution in [0.25, 0.3) is 0 Å². The summed E-state index contributed by atoms with van der Waals surface area (Å²) in [4.78, 5) is 11.9. The average molecular weight is 232 g/mol. The van der Waals surface area contributed by atoms with Gasteiger partial charge in [-0.25, -0.2) is 0 Å². The van der Waals surface area contributed by atoms with E-state index >= 15 is 0 Å². The number of hydrogen-bond donors (Lipinski definition) is 1. The SMILES string of the molecule is CCOc1ccccc1C(=O)NCC(C)C#N. The Balaban J connectivity index is 2.71. The van der Waals surface area contributed by atoms with Crippen LogP contribution in [-0.4, -0.2) is 19.1 Å². The van der Waals surface area contributed by atoms with Gasteiger partial charge in [-0.1, -0.05) is 12.1 Å². The second-order valence-electron chi connectivity index (χ2n) is 3.67. The molecule has 0 radical (unpaired) electrons. The molecule has 0 aliphatic heterocycles. The Morgan fingerprint density at radius 2 is 2.24 bits per heavy atom. The summed E-state index contributed by atoms with van der Waals surface area (Å²) >= 11 is 0. The molecule has 90 valence electrons. The number of para-hydroxylation sites is 1. The van der Waals surface area contributed by atoms with E-state index in [0.717, 1.165) is 0 Å². The van der Waals surface area contributed by atoms with E-state index < -0.39 is 0 Å². The molecule has 0 aliphatic rings. The first-order valence-electron chi connectivity index (χ1n) is 5.58. The van der Waals surface area contributed by atoms with Gasteiger partial charge in [0, 0.05) is 6.54 Å². The summed E-state index contributed by atoms with van der Waals surface area (Å²) < 4.78 is 5.37. The van der Waals surface area contributed by atoms with Crippen LogP contribution in [0.3, 0.4) is 0 Å². The zero-order chi connectivity index (χ0) is 12.7. The summed E-state index contributed by atoms with van der Waals surface area (Å²) in [6, 6.07) is 9.13. The Morgan fingerprint density at radius 3 is 2.88 bits per heavy atom. The lowest BCUT2D eigenvalue weighted by Gasteiger charge is -2.10. The average Bonchev–Trinajstić information content (AvgIpc) is 2.36. The van der Waals surface area contributed by atoms with Crippen molar-refractivity contribution in [1.82, 2.24) is 5.32 Å². The highest BCUT2D eigenvalue weighted by molar-refractivity contribution is 5.96. The molecule has 1 aromatic carbocycles. The number of benzene rings is 1. The first kappa shape index (κ1) is 13.0. The van der Waals surface area contributed by atoms with Crippen LogP contribution in [0, 0.1) is 17.2 Å². The van der Waals surface area contributed by atoms with Gasteiger partial charge in [-0.15, -0.1) is 0 Å². The van der Waals surface area contributed by atoms with Crippen LogP contribution in [0.15, 0.2) is 24.3 Å². The Labute approximate surface area is 101 Å². The number of nitrogens with zero attached hydrogens (tertiary/aromatic N) is 1. The largest absolute Gasteiger partial charge is 0.493 e. The molecule has 4 heteroatoms. The summed E-state index contributed by atoms with van der Waals surface area (Å²) in [5, 5.41) is 11.3. The summed E-state index contributed by atoms with van der Waals surface area (Å²) in [6.45, 7) is 4.48. The van der Waals surface area contributed by atoms with Crippen LogP contribution in [0.5, 0.6) is 5.75 Å². The highest BCUT2D eigenvalue weighted by Crippen LogP contribution is 2.17. The van der Waals surface area contributed by atoms with Crippen molar-refractivity contribution in [3.05, 3.63) is 29.8 Å². The van der Waals surface area contributed by atoms with Crippen molar-refractivity contribution in [2.24, 2.45) is 5.92 Å². The number of ether oxygens (including phenoxy) is 1. The van der Waals surface area contributed by atoms with Gasteiger partial charge in [0.2, 0.25) is 0 Å². The van der Waals surface area contributed by atoms with Crippen LogP contribution in [-0.2, 0) is 0 Å². The summed E-state index contributed by atoms with van der Waals surface area (Å²) in [5.74, 6) is 0.159. The van der Waals surface area contributed by atoms with Crippen molar-refractivity contribution in [3.8, 4) is 11.8 Å². The molecule has 1 unspecified atom stereocenters. The molecule has 1 N–H and O–H groups in total. The van der Waals surface area contributed by atoms with Gasteiger partial charge in [0.1, 0.15) is 5.75 Å². The van der Waals surface area contributed by atoms with E-state index in [1.165, 1.54) is 0 Å². The minimum Gasteiger partial charge on any atom is -0.493 e.